The largest absolute Gasteiger partial charge is 0.489 e. The molecular formula is C33H27ClN2O3. The quantitative estimate of drug-likeness (QED) is 0.155. The van der Waals surface area contributed by atoms with Crippen LogP contribution < -0.4 is 14.9 Å². The van der Waals surface area contributed by atoms with Crippen molar-refractivity contribution in [1.82, 2.24) is 5.43 Å². The number of nitrogens with zero attached hydrogens (tertiary/aromatic N) is 1. The number of nitrogens with one attached hydrogen (secondary N) is 1. The zero-order valence-corrected chi connectivity index (χ0v) is 22.2. The molecule has 5 rings (SSSR count). The number of benzene rings is 5. The second kappa shape index (κ2) is 12.3. The number of hydrogen-bond acceptors (Lipinski definition) is 4. The molecule has 0 unspecified atom stereocenters. The zero-order valence-electron chi connectivity index (χ0n) is 21.4. The van der Waals surface area contributed by atoms with Gasteiger partial charge in [0.1, 0.15) is 24.7 Å². The molecule has 0 heterocycles. The normalized spacial score (nSPS) is 11.0. The molecule has 194 valence electrons. The zero-order chi connectivity index (χ0) is 27.0. The van der Waals surface area contributed by atoms with Crippen LogP contribution in [0.25, 0.3) is 10.8 Å². The maximum atomic E-state index is 12.7. The molecule has 0 saturated carbocycles. The van der Waals surface area contributed by atoms with Gasteiger partial charge >= 0.3 is 0 Å². The standard InChI is InChI=1S/C33H27ClN2O3/c1-23-6-8-24(9-7-23)21-38-29-17-12-27(13-18-29)33(37)36-35-20-31-30-5-3-2-4-26(30)14-19-32(31)39-22-25-10-15-28(34)16-11-25/h2-20H,21-22H2,1H3,(H,36,37)/b35-20+. The first-order chi connectivity index (χ1) is 19.0. The van der Waals surface area contributed by atoms with E-state index in [-0.39, 0.29) is 5.91 Å². The van der Waals surface area contributed by atoms with E-state index in [0.29, 0.717) is 35.3 Å². The number of halogens is 1. The lowest BCUT2D eigenvalue weighted by atomic mass is 10.0. The predicted molar refractivity (Wildman–Crippen MR) is 157 cm³/mol. The molecule has 1 amide bonds. The van der Waals surface area contributed by atoms with Crippen LogP contribution in [0.3, 0.4) is 0 Å². The van der Waals surface area contributed by atoms with E-state index in [1.165, 1.54) is 5.56 Å². The first-order valence-electron chi connectivity index (χ1n) is 12.6. The molecule has 0 aliphatic carbocycles. The molecule has 0 fully saturated rings. The van der Waals surface area contributed by atoms with Gasteiger partial charge in [0.25, 0.3) is 5.91 Å². The van der Waals surface area contributed by atoms with Gasteiger partial charge in [0.2, 0.25) is 0 Å². The average Bonchev–Trinajstić information content (AvgIpc) is 2.97. The van der Waals surface area contributed by atoms with Crippen LogP contribution >= 0.6 is 11.6 Å². The summed E-state index contributed by atoms with van der Waals surface area (Å²) in [6, 6.07) is 34.6. The maximum Gasteiger partial charge on any atom is 0.271 e. The molecule has 0 radical (unpaired) electrons. The molecule has 5 aromatic rings. The Hall–Kier alpha value is -4.61. The first-order valence-corrected chi connectivity index (χ1v) is 12.9. The van der Waals surface area contributed by atoms with Crippen LogP contribution in [0.1, 0.15) is 32.6 Å². The number of hydrazone groups is 1. The van der Waals surface area contributed by atoms with Gasteiger partial charge in [-0.25, -0.2) is 5.43 Å². The van der Waals surface area contributed by atoms with E-state index in [4.69, 9.17) is 21.1 Å². The van der Waals surface area contributed by atoms with Gasteiger partial charge in [-0.05, 0) is 71.3 Å². The highest BCUT2D eigenvalue weighted by atomic mass is 35.5. The van der Waals surface area contributed by atoms with Crippen molar-refractivity contribution < 1.29 is 14.3 Å². The van der Waals surface area contributed by atoms with Gasteiger partial charge in [-0.1, -0.05) is 83.9 Å². The summed E-state index contributed by atoms with van der Waals surface area (Å²) in [4.78, 5) is 12.7. The topological polar surface area (TPSA) is 59.9 Å². The van der Waals surface area contributed by atoms with E-state index in [1.807, 2.05) is 72.8 Å². The predicted octanol–water partition coefficient (Wildman–Crippen LogP) is 7.72. The summed E-state index contributed by atoms with van der Waals surface area (Å²) in [6.45, 7) is 2.89. The van der Waals surface area contributed by atoms with Gasteiger partial charge in [0.05, 0.1) is 6.21 Å². The summed E-state index contributed by atoms with van der Waals surface area (Å²) >= 11 is 6.00. The lowest BCUT2D eigenvalue weighted by Crippen LogP contribution is -2.17. The Morgan fingerprint density at radius 1 is 0.795 bits per heavy atom. The molecule has 0 bridgehead atoms. The van der Waals surface area contributed by atoms with Crippen LogP contribution in [-0.4, -0.2) is 12.1 Å². The Morgan fingerprint density at radius 2 is 1.46 bits per heavy atom. The van der Waals surface area contributed by atoms with Gasteiger partial charge in [-0.2, -0.15) is 5.10 Å². The van der Waals surface area contributed by atoms with E-state index in [0.717, 1.165) is 27.5 Å². The number of fused-ring (bicyclic) bond motifs is 1. The van der Waals surface area contributed by atoms with Crippen molar-refractivity contribution in [2.75, 3.05) is 0 Å². The number of aryl methyl sites for hydroxylation is 1. The minimum Gasteiger partial charge on any atom is -0.489 e. The smallest absolute Gasteiger partial charge is 0.271 e. The molecule has 6 heteroatoms. The summed E-state index contributed by atoms with van der Waals surface area (Å²) in [7, 11) is 0. The molecule has 39 heavy (non-hydrogen) atoms. The molecule has 5 nitrogen and oxygen atoms in total. The highest BCUT2D eigenvalue weighted by Gasteiger charge is 2.09. The van der Waals surface area contributed by atoms with Crippen LogP contribution in [-0.2, 0) is 13.2 Å². The Kier molecular flexibility index (Phi) is 8.20. The third kappa shape index (κ3) is 6.83. The van der Waals surface area contributed by atoms with Crippen molar-refractivity contribution in [3.8, 4) is 11.5 Å². The van der Waals surface area contributed by atoms with E-state index in [2.05, 4.69) is 29.6 Å². The first kappa shape index (κ1) is 26.0. The van der Waals surface area contributed by atoms with Crippen LogP contribution in [0.4, 0.5) is 0 Å². The summed E-state index contributed by atoms with van der Waals surface area (Å²) in [5.74, 6) is 1.03. The number of carbonyl (C=O) groups is 1. The molecule has 0 atom stereocenters. The second-order valence-corrected chi connectivity index (χ2v) is 9.55. The van der Waals surface area contributed by atoms with Gasteiger partial charge < -0.3 is 9.47 Å². The molecular weight excluding hydrogens is 508 g/mol. The Balaban J connectivity index is 1.25. The highest BCUT2D eigenvalue weighted by molar-refractivity contribution is 6.30. The molecule has 1 N–H and O–H groups in total. The number of rotatable bonds is 9. The van der Waals surface area contributed by atoms with Crippen molar-refractivity contribution >= 4 is 34.5 Å². The van der Waals surface area contributed by atoms with E-state index >= 15 is 0 Å². The lowest BCUT2D eigenvalue weighted by molar-refractivity contribution is 0.0955. The van der Waals surface area contributed by atoms with E-state index < -0.39 is 0 Å². The number of carbonyl (C=O) groups excluding carboxylic acids is 1. The highest BCUT2D eigenvalue weighted by Crippen LogP contribution is 2.27. The lowest BCUT2D eigenvalue weighted by Gasteiger charge is -2.12. The third-order valence-corrected chi connectivity index (χ3v) is 6.49. The van der Waals surface area contributed by atoms with E-state index in [9.17, 15) is 4.79 Å². The van der Waals surface area contributed by atoms with Crippen molar-refractivity contribution in [3.05, 3.63) is 142 Å². The minimum atomic E-state index is -0.319. The second-order valence-electron chi connectivity index (χ2n) is 9.11. The molecule has 0 spiro atoms. The van der Waals surface area contributed by atoms with Crippen LogP contribution in [0.15, 0.2) is 114 Å². The summed E-state index contributed by atoms with van der Waals surface area (Å²) in [5.41, 5.74) is 7.17. The fourth-order valence-corrected chi connectivity index (χ4v) is 4.18. The minimum absolute atomic E-state index is 0.319. The molecule has 0 aliphatic heterocycles. The molecule has 0 aromatic heterocycles. The Labute approximate surface area is 232 Å². The summed E-state index contributed by atoms with van der Waals surface area (Å²) < 4.78 is 12.0. The molecule has 0 aliphatic rings. The van der Waals surface area contributed by atoms with Crippen LogP contribution in [0, 0.1) is 6.92 Å². The van der Waals surface area contributed by atoms with Gasteiger partial charge in [0, 0.05) is 16.1 Å². The fraction of sp³-hybridized carbons (Fsp3) is 0.0909. The molecule has 0 saturated heterocycles. The van der Waals surface area contributed by atoms with Gasteiger partial charge in [-0.3, -0.25) is 4.79 Å². The van der Waals surface area contributed by atoms with Crippen molar-refractivity contribution in [3.63, 3.8) is 0 Å². The summed E-state index contributed by atoms with van der Waals surface area (Å²) in [5, 5.41) is 6.94. The van der Waals surface area contributed by atoms with Crippen molar-refractivity contribution in [2.45, 2.75) is 20.1 Å². The Morgan fingerprint density at radius 3 is 2.21 bits per heavy atom. The number of amides is 1. The van der Waals surface area contributed by atoms with Gasteiger partial charge in [-0.15, -0.1) is 0 Å². The van der Waals surface area contributed by atoms with Crippen LogP contribution in [0.5, 0.6) is 11.5 Å². The number of ether oxygens (including phenoxy) is 2. The number of hydrogen-bond donors (Lipinski definition) is 1. The summed E-state index contributed by atoms with van der Waals surface area (Å²) in [6.07, 6.45) is 1.62. The van der Waals surface area contributed by atoms with Gasteiger partial charge in [0.15, 0.2) is 0 Å². The maximum absolute atomic E-state index is 12.7. The van der Waals surface area contributed by atoms with Crippen molar-refractivity contribution in [1.29, 1.82) is 0 Å². The third-order valence-electron chi connectivity index (χ3n) is 6.24. The van der Waals surface area contributed by atoms with E-state index in [1.54, 1.807) is 30.5 Å². The Bertz CT molecular complexity index is 1600. The average molecular weight is 535 g/mol. The van der Waals surface area contributed by atoms with Crippen molar-refractivity contribution in [2.24, 2.45) is 5.10 Å². The molecule has 5 aromatic carbocycles. The SMILES string of the molecule is Cc1ccc(COc2ccc(C(=O)N/N=C/c3c(OCc4ccc(Cl)cc4)ccc4ccccc34)cc2)cc1. The van der Waals surface area contributed by atoms with Crippen LogP contribution in [0.2, 0.25) is 5.02 Å². The fourth-order valence-electron chi connectivity index (χ4n) is 4.05. The monoisotopic (exact) mass is 534 g/mol.